The Labute approximate surface area is 98.6 Å². The van der Waals surface area contributed by atoms with Gasteiger partial charge in [0.05, 0.1) is 19.1 Å². The molecule has 2 rings (SSSR count). The van der Waals surface area contributed by atoms with Gasteiger partial charge in [0, 0.05) is 11.3 Å². The zero-order valence-corrected chi connectivity index (χ0v) is 9.52. The molecule has 2 atom stereocenters. The van der Waals surface area contributed by atoms with Gasteiger partial charge < -0.3 is 15.2 Å². The molecule has 1 aliphatic heterocycles. The molecule has 0 fully saturated rings. The number of hydrogen-bond acceptors (Lipinski definition) is 4. The minimum Gasteiger partial charge on any atom is -0.497 e. The molecule has 0 aliphatic carbocycles. The summed E-state index contributed by atoms with van der Waals surface area (Å²) < 4.78 is 5.05. The number of benzene rings is 1. The van der Waals surface area contributed by atoms with Crippen molar-refractivity contribution in [1.82, 2.24) is 0 Å². The van der Waals surface area contributed by atoms with Gasteiger partial charge in [-0.15, -0.1) is 0 Å². The van der Waals surface area contributed by atoms with E-state index in [0.29, 0.717) is 17.0 Å². The van der Waals surface area contributed by atoms with Crippen LogP contribution in [-0.4, -0.2) is 18.1 Å². The Morgan fingerprint density at radius 3 is 2.88 bits per heavy atom. The van der Waals surface area contributed by atoms with Crippen LogP contribution in [0.5, 0.6) is 5.75 Å². The van der Waals surface area contributed by atoms with Gasteiger partial charge in [0.15, 0.2) is 5.60 Å². The van der Waals surface area contributed by atoms with Crippen molar-refractivity contribution in [2.24, 2.45) is 5.92 Å². The monoisotopic (exact) mass is 232 g/mol. The van der Waals surface area contributed by atoms with Gasteiger partial charge >= 0.3 is 0 Å². The first kappa shape index (κ1) is 11.4. The lowest BCUT2D eigenvalue weighted by molar-refractivity contribution is -0.136. The van der Waals surface area contributed by atoms with Crippen molar-refractivity contribution in [1.29, 1.82) is 5.26 Å². The molecular weight excluding hydrogens is 220 g/mol. The summed E-state index contributed by atoms with van der Waals surface area (Å²) in [6.07, 6.45) is 0. The molecule has 1 aliphatic rings. The van der Waals surface area contributed by atoms with Crippen molar-refractivity contribution < 1.29 is 14.6 Å². The van der Waals surface area contributed by atoms with E-state index in [9.17, 15) is 9.90 Å². The Hall–Kier alpha value is -2.06. The molecule has 88 valence electrons. The number of nitrogens with zero attached hydrogens (tertiary/aromatic N) is 1. The maximum Gasteiger partial charge on any atom is 0.262 e. The third-order valence-corrected chi connectivity index (χ3v) is 3.05. The number of amides is 1. The molecule has 1 aromatic carbocycles. The van der Waals surface area contributed by atoms with Gasteiger partial charge in [0.2, 0.25) is 0 Å². The number of nitriles is 1. The number of carbonyl (C=O) groups is 1. The number of hydrogen-bond donors (Lipinski definition) is 2. The maximum absolute atomic E-state index is 11.8. The second-order valence-electron chi connectivity index (χ2n) is 3.98. The second kappa shape index (κ2) is 3.75. The molecule has 17 heavy (non-hydrogen) atoms. The standard InChI is InChI=1S/C12H12N2O3/c1-7(6-13)12(16)9-5-8(17-2)3-4-10(9)14-11(12)15/h3-5,7,16H,1-2H3,(H,14,15). The van der Waals surface area contributed by atoms with Crippen LogP contribution in [0, 0.1) is 17.2 Å². The Morgan fingerprint density at radius 1 is 1.59 bits per heavy atom. The molecule has 1 aromatic rings. The number of rotatable bonds is 2. The fraction of sp³-hybridized carbons (Fsp3) is 0.333. The summed E-state index contributed by atoms with van der Waals surface area (Å²) >= 11 is 0. The van der Waals surface area contributed by atoms with Crippen molar-refractivity contribution in [2.75, 3.05) is 12.4 Å². The summed E-state index contributed by atoms with van der Waals surface area (Å²) in [5.41, 5.74) is -0.908. The van der Waals surface area contributed by atoms with Crippen molar-refractivity contribution in [3.8, 4) is 11.8 Å². The van der Waals surface area contributed by atoms with Crippen LogP contribution in [0.15, 0.2) is 18.2 Å². The number of methoxy groups -OCH3 is 1. The van der Waals surface area contributed by atoms with Gasteiger partial charge in [-0.25, -0.2) is 0 Å². The Kier molecular flexibility index (Phi) is 2.52. The van der Waals surface area contributed by atoms with Gasteiger partial charge in [-0.2, -0.15) is 5.26 Å². The largest absolute Gasteiger partial charge is 0.497 e. The molecule has 0 aromatic heterocycles. The lowest BCUT2D eigenvalue weighted by Crippen LogP contribution is -2.39. The van der Waals surface area contributed by atoms with Crippen LogP contribution >= 0.6 is 0 Å². The minimum atomic E-state index is -1.81. The highest BCUT2D eigenvalue weighted by Gasteiger charge is 2.50. The first-order chi connectivity index (χ1) is 8.03. The number of fused-ring (bicyclic) bond motifs is 1. The van der Waals surface area contributed by atoms with Gasteiger partial charge in [0.1, 0.15) is 5.75 Å². The molecule has 2 N–H and O–H groups in total. The molecule has 0 bridgehead atoms. The lowest BCUT2D eigenvalue weighted by Gasteiger charge is -2.23. The van der Waals surface area contributed by atoms with Gasteiger partial charge in [-0.3, -0.25) is 4.79 Å². The lowest BCUT2D eigenvalue weighted by atomic mass is 9.84. The molecule has 1 heterocycles. The smallest absolute Gasteiger partial charge is 0.262 e. The number of ether oxygens (including phenoxy) is 1. The molecule has 5 heteroatoms. The van der Waals surface area contributed by atoms with Crippen molar-refractivity contribution in [3.05, 3.63) is 23.8 Å². The van der Waals surface area contributed by atoms with Crippen LogP contribution in [0.4, 0.5) is 5.69 Å². The van der Waals surface area contributed by atoms with Crippen LogP contribution in [0.2, 0.25) is 0 Å². The van der Waals surface area contributed by atoms with Crippen LogP contribution in [0.25, 0.3) is 0 Å². The summed E-state index contributed by atoms with van der Waals surface area (Å²) in [6.45, 7) is 1.51. The van der Waals surface area contributed by atoms with Crippen molar-refractivity contribution in [3.63, 3.8) is 0 Å². The number of aliphatic hydroxyl groups is 1. The van der Waals surface area contributed by atoms with E-state index in [0.717, 1.165) is 0 Å². The van der Waals surface area contributed by atoms with Crippen molar-refractivity contribution in [2.45, 2.75) is 12.5 Å². The van der Waals surface area contributed by atoms with E-state index >= 15 is 0 Å². The van der Waals surface area contributed by atoms with Crippen LogP contribution in [0.1, 0.15) is 12.5 Å². The molecule has 1 amide bonds. The zero-order chi connectivity index (χ0) is 12.6. The molecule has 0 spiro atoms. The average Bonchev–Trinajstić information content (AvgIpc) is 2.61. The third-order valence-electron chi connectivity index (χ3n) is 3.05. The normalized spacial score (nSPS) is 23.5. The van der Waals surface area contributed by atoms with Crippen LogP contribution in [-0.2, 0) is 10.4 Å². The Bertz CT molecular complexity index is 521. The summed E-state index contributed by atoms with van der Waals surface area (Å²) in [6, 6.07) is 6.80. The number of carbonyl (C=O) groups excluding carboxylic acids is 1. The Morgan fingerprint density at radius 2 is 2.29 bits per heavy atom. The van der Waals surface area contributed by atoms with E-state index in [-0.39, 0.29) is 0 Å². The molecule has 0 radical (unpaired) electrons. The predicted molar refractivity (Wildman–Crippen MR) is 60.3 cm³/mol. The maximum atomic E-state index is 11.8. The number of nitrogens with one attached hydrogen (secondary N) is 1. The van der Waals surface area contributed by atoms with E-state index in [4.69, 9.17) is 10.00 Å². The molecule has 0 saturated heterocycles. The first-order valence-corrected chi connectivity index (χ1v) is 5.16. The second-order valence-corrected chi connectivity index (χ2v) is 3.98. The summed E-state index contributed by atoms with van der Waals surface area (Å²) in [7, 11) is 1.50. The van der Waals surface area contributed by atoms with Gasteiger partial charge in [0.25, 0.3) is 5.91 Å². The SMILES string of the molecule is COc1ccc2c(c1)C(O)(C(C)C#N)C(=O)N2. The highest BCUT2D eigenvalue weighted by Crippen LogP contribution is 2.42. The van der Waals surface area contributed by atoms with E-state index < -0.39 is 17.4 Å². The summed E-state index contributed by atoms with van der Waals surface area (Å²) in [4.78, 5) is 11.8. The summed E-state index contributed by atoms with van der Waals surface area (Å²) in [5.74, 6) is -0.880. The van der Waals surface area contributed by atoms with Crippen molar-refractivity contribution >= 4 is 11.6 Å². The first-order valence-electron chi connectivity index (χ1n) is 5.16. The van der Waals surface area contributed by atoms with Crippen LogP contribution < -0.4 is 10.1 Å². The molecular formula is C12H12N2O3. The van der Waals surface area contributed by atoms with E-state index in [2.05, 4.69) is 5.32 Å². The molecule has 2 unspecified atom stereocenters. The highest BCUT2D eigenvalue weighted by atomic mass is 16.5. The topological polar surface area (TPSA) is 82.3 Å². The van der Waals surface area contributed by atoms with E-state index in [1.165, 1.54) is 14.0 Å². The fourth-order valence-electron chi connectivity index (χ4n) is 1.94. The van der Waals surface area contributed by atoms with Gasteiger partial charge in [-0.1, -0.05) is 0 Å². The summed E-state index contributed by atoms with van der Waals surface area (Å²) in [5, 5.41) is 21.9. The third kappa shape index (κ3) is 1.46. The predicted octanol–water partition coefficient (Wildman–Crippen LogP) is 0.995. The zero-order valence-electron chi connectivity index (χ0n) is 9.52. The Balaban J connectivity index is 2.60. The van der Waals surface area contributed by atoms with E-state index in [1.807, 2.05) is 6.07 Å². The quantitative estimate of drug-likeness (QED) is 0.796. The minimum absolute atomic E-state index is 0.385. The van der Waals surface area contributed by atoms with Crippen LogP contribution in [0.3, 0.4) is 0 Å². The fourth-order valence-corrected chi connectivity index (χ4v) is 1.94. The number of anilines is 1. The average molecular weight is 232 g/mol. The molecule has 5 nitrogen and oxygen atoms in total. The molecule has 0 saturated carbocycles. The van der Waals surface area contributed by atoms with E-state index in [1.54, 1.807) is 18.2 Å². The highest BCUT2D eigenvalue weighted by molar-refractivity contribution is 6.05. The van der Waals surface area contributed by atoms with Gasteiger partial charge in [-0.05, 0) is 25.1 Å².